The second-order valence-electron chi connectivity index (χ2n) is 5.41. The highest BCUT2D eigenvalue weighted by Crippen LogP contribution is 2.24. The first kappa shape index (κ1) is 15.0. The third kappa shape index (κ3) is 4.07. The molecule has 2 unspecified atom stereocenters. The molecule has 1 heterocycles. The number of thiazole rings is 1. The molecule has 2 aromatic rings. The molecule has 0 aliphatic carbocycles. The van der Waals surface area contributed by atoms with Crippen LogP contribution < -0.4 is 5.32 Å². The van der Waals surface area contributed by atoms with Gasteiger partial charge >= 0.3 is 0 Å². The Morgan fingerprint density at radius 3 is 2.45 bits per heavy atom. The standard InChI is InChI=1S/C17H24N2S/c1-4-13(3)12-15(5-2)19-16-8-6-14(7-9-16)17-18-10-11-20-17/h6-11,13,15,19H,4-5,12H2,1-3H3. The fourth-order valence-electron chi connectivity index (χ4n) is 2.29. The molecule has 0 saturated carbocycles. The minimum atomic E-state index is 0.565. The van der Waals surface area contributed by atoms with Crippen molar-refractivity contribution in [2.45, 2.75) is 46.1 Å². The summed E-state index contributed by atoms with van der Waals surface area (Å²) in [5.41, 5.74) is 2.40. The molecule has 0 aliphatic rings. The Bertz CT molecular complexity index is 490. The Hall–Kier alpha value is -1.35. The number of benzene rings is 1. The minimum absolute atomic E-state index is 0.565. The zero-order valence-corrected chi connectivity index (χ0v) is 13.4. The first-order chi connectivity index (χ1) is 9.72. The second-order valence-corrected chi connectivity index (χ2v) is 6.31. The van der Waals surface area contributed by atoms with E-state index in [4.69, 9.17) is 0 Å². The third-order valence-electron chi connectivity index (χ3n) is 3.81. The third-order valence-corrected chi connectivity index (χ3v) is 4.63. The maximum Gasteiger partial charge on any atom is 0.123 e. The lowest BCUT2D eigenvalue weighted by Gasteiger charge is -2.21. The van der Waals surface area contributed by atoms with E-state index in [1.165, 1.54) is 30.5 Å². The van der Waals surface area contributed by atoms with E-state index < -0.39 is 0 Å². The molecule has 1 aromatic carbocycles. The van der Waals surface area contributed by atoms with Gasteiger partial charge in [-0.05, 0) is 43.0 Å². The lowest BCUT2D eigenvalue weighted by atomic mass is 9.97. The molecule has 2 rings (SSSR count). The van der Waals surface area contributed by atoms with Gasteiger partial charge in [-0.1, -0.05) is 27.2 Å². The Morgan fingerprint density at radius 2 is 1.90 bits per heavy atom. The normalized spacial score (nSPS) is 13.9. The van der Waals surface area contributed by atoms with E-state index in [-0.39, 0.29) is 0 Å². The molecule has 3 heteroatoms. The number of hydrogen-bond donors (Lipinski definition) is 1. The lowest BCUT2D eigenvalue weighted by Crippen LogP contribution is -2.21. The molecule has 108 valence electrons. The van der Waals surface area contributed by atoms with Gasteiger partial charge in [-0.2, -0.15) is 0 Å². The molecule has 0 saturated heterocycles. The molecule has 0 radical (unpaired) electrons. The summed E-state index contributed by atoms with van der Waals surface area (Å²) in [6.45, 7) is 6.85. The van der Waals surface area contributed by atoms with Crippen LogP contribution in [0.5, 0.6) is 0 Å². The van der Waals surface area contributed by atoms with Gasteiger partial charge in [0.05, 0.1) is 0 Å². The van der Waals surface area contributed by atoms with Crippen molar-refractivity contribution < 1.29 is 0 Å². The second kappa shape index (κ2) is 7.44. The van der Waals surface area contributed by atoms with Crippen LogP contribution in [0.25, 0.3) is 10.6 Å². The van der Waals surface area contributed by atoms with Crippen LogP contribution in [0, 0.1) is 5.92 Å². The highest BCUT2D eigenvalue weighted by atomic mass is 32.1. The first-order valence-corrected chi connectivity index (χ1v) is 8.37. The summed E-state index contributed by atoms with van der Waals surface area (Å²) in [4.78, 5) is 4.34. The van der Waals surface area contributed by atoms with E-state index in [0.29, 0.717) is 6.04 Å². The molecule has 20 heavy (non-hydrogen) atoms. The summed E-state index contributed by atoms with van der Waals surface area (Å²) in [7, 11) is 0. The van der Waals surface area contributed by atoms with Crippen molar-refractivity contribution in [3.05, 3.63) is 35.8 Å². The van der Waals surface area contributed by atoms with Gasteiger partial charge in [0.15, 0.2) is 0 Å². The molecule has 0 bridgehead atoms. The van der Waals surface area contributed by atoms with E-state index in [9.17, 15) is 0 Å². The van der Waals surface area contributed by atoms with Gasteiger partial charge in [-0.3, -0.25) is 0 Å². The van der Waals surface area contributed by atoms with Crippen molar-refractivity contribution in [1.82, 2.24) is 4.98 Å². The molecule has 1 aromatic heterocycles. The molecular weight excluding hydrogens is 264 g/mol. The lowest BCUT2D eigenvalue weighted by molar-refractivity contribution is 0.462. The first-order valence-electron chi connectivity index (χ1n) is 7.49. The van der Waals surface area contributed by atoms with Crippen LogP contribution in [0.15, 0.2) is 35.8 Å². The van der Waals surface area contributed by atoms with Crippen molar-refractivity contribution in [1.29, 1.82) is 0 Å². The van der Waals surface area contributed by atoms with Gasteiger partial charge in [-0.15, -0.1) is 11.3 Å². The van der Waals surface area contributed by atoms with Crippen LogP contribution in [0.2, 0.25) is 0 Å². The van der Waals surface area contributed by atoms with Crippen LogP contribution in [0.3, 0.4) is 0 Å². The zero-order chi connectivity index (χ0) is 14.4. The van der Waals surface area contributed by atoms with Gasteiger partial charge < -0.3 is 5.32 Å². The maximum absolute atomic E-state index is 4.34. The summed E-state index contributed by atoms with van der Waals surface area (Å²) in [6.07, 6.45) is 5.51. The Labute approximate surface area is 126 Å². The van der Waals surface area contributed by atoms with Gasteiger partial charge in [0.25, 0.3) is 0 Å². The van der Waals surface area contributed by atoms with Crippen LogP contribution in [-0.2, 0) is 0 Å². The average molecular weight is 288 g/mol. The van der Waals surface area contributed by atoms with E-state index in [1.54, 1.807) is 11.3 Å². The molecule has 0 amide bonds. The summed E-state index contributed by atoms with van der Waals surface area (Å²) >= 11 is 1.68. The van der Waals surface area contributed by atoms with Gasteiger partial charge in [0.2, 0.25) is 0 Å². The van der Waals surface area contributed by atoms with Gasteiger partial charge in [0.1, 0.15) is 5.01 Å². The van der Waals surface area contributed by atoms with Crippen LogP contribution >= 0.6 is 11.3 Å². The predicted molar refractivity (Wildman–Crippen MR) is 89.3 cm³/mol. The maximum atomic E-state index is 4.34. The van der Waals surface area contributed by atoms with Gasteiger partial charge in [0, 0.05) is 28.9 Å². The van der Waals surface area contributed by atoms with E-state index in [1.807, 2.05) is 11.6 Å². The summed E-state index contributed by atoms with van der Waals surface area (Å²) in [5, 5.41) is 6.75. The Kier molecular flexibility index (Phi) is 5.60. The molecule has 0 spiro atoms. The highest BCUT2D eigenvalue weighted by molar-refractivity contribution is 7.13. The van der Waals surface area contributed by atoms with Crippen LogP contribution in [-0.4, -0.2) is 11.0 Å². The number of hydrogen-bond acceptors (Lipinski definition) is 3. The Morgan fingerprint density at radius 1 is 1.15 bits per heavy atom. The van der Waals surface area contributed by atoms with Gasteiger partial charge in [-0.25, -0.2) is 4.98 Å². The molecule has 0 aliphatic heterocycles. The number of anilines is 1. The van der Waals surface area contributed by atoms with Crippen LogP contribution in [0.4, 0.5) is 5.69 Å². The molecule has 0 fully saturated rings. The van der Waals surface area contributed by atoms with Crippen molar-refractivity contribution in [2.24, 2.45) is 5.92 Å². The largest absolute Gasteiger partial charge is 0.382 e. The number of nitrogens with zero attached hydrogens (tertiary/aromatic N) is 1. The summed E-state index contributed by atoms with van der Waals surface area (Å²) in [6, 6.07) is 9.19. The number of nitrogens with one attached hydrogen (secondary N) is 1. The monoisotopic (exact) mass is 288 g/mol. The van der Waals surface area contributed by atoms with Crippen molar-refractivity contribution in [3.8, 4) is 10.6 Å². The van der Waals surface area contributed by atoms with Crippen LogP contribution in [0.1, 0.15) is 40.0 Å². The average Bonchev–Trinajstić information content (AvgIpc) is 3.01. The topological polar surface area (TPSA) is 24.9 Å². The number of aromatic nitrogens is 1. The quantitative estimate of drug-likeness (QED) is 0.734. The Balaban J connectivity index is 1.99. The SMILES string of the molecule is CCC(C)CC(CC)Nc1ccc(-c2nccs2)cc1. The fraction of sp³-hybridized carbons (Fsp3) is 0.471. The van der Waals surface area contributed by atoms with Crippen molar-refractivity contribution >= 4 is 17.0 Å². The van der Waals surface area contributed by atoms with Crippen molar-refractivity contribution in [3.63, 3.8) is 0 Å². The molecule has 1 N–H and O–H groups in total. The summed E-state index contributed by atoms with van der Waals surface area (Å²) < 4.78 is 0. The minimum Gasteiger partial charge on any atom is -0.382 e. The zero-order valence-electron chi connectivity index (χ0n) is 12.6. The highest BCUT2D eigenvalue weighted by Gasteiger charge is 2.10. The predicted octanol–water partition coefficient (Wildman–Crippen LogP) is 5.44. The van der Waals surface area contributed by atoms with Crippen molar-refractivity contribution in [2.75, 3.05) is 5.32 Å². The molecule has 2 nitrogen and oxygen atoms in total. The molecule has 2 atom stereocenters. The number of rotatable bonds is 7. The fourth-order valence-corrected chi connectivity index (χ4v) is 2.94. The van der Waals surface area contributed by atoms with E-state index >= 15 is 0 Å². The smallest absolute Gasteiger partial charge is 0.123 e. The summed E-state index contributed by atoms with van der Waals surface area (Å²) in [5.74, 6) is 0.780. The van der Waals surface area contributed by atoms with E-state index in [2.05, 4.69) is 55.3 Å². The van der Waals surface area contributed by atoms with E-state index in [0.717, 1.165) is 10.9 Å². The molecular formula is C17H24N2S.